The van der Waals surface area contributed by atoms with E-state index in [9.17, 15) is 4.79 Å². The minimum atomic E-state index is 0.0738. The van der Waals surface area contributed by atoms with Crippen molar-refractivity contribution in [2.45, 2.75) is 38.8 Å². The lowest BCUT2D eigenvalue weighted by Gasteiger charge is -2.32. The molecule has 1 fully saturated rings. The third-order valence-electron chi connectivity index (χ3n) is 3.20. The van der Waals surface area contributed by atoms with Gasteiger partial charge in [-0.3, -0.25) is 9.69 Å². The standard InChI is InChI=1S/C12H25N3O2/c1-3-10(4-2)14-12(16)9-15-5-6-17-11(7-13)8-15/h10-11H,3-9,13H2,1-2H3,(H,14,16). The van der Waals surface area contributed by atoms with Gasteiger partial charge in [0.05, 0.1) is 19.3 Å². The Morgan fingerprint density at radius 1 is 1.53 bits per heavy atom. The van der Waals surface area contributed by atoms with Crippen molar-refractivity contribution in [1.29, 1.82) is 0 Å². The van der Waals surface area contributed by atoms with Crippen molar-refractivity contribution in [1.82, 2.24) is 10.2 Å². The lowest BCUT2D eigenvalue weighted by molar-refractivity contribution is -0.124. The van der Waals surface area contributed by atoms with Crippen LogP contribution >= 0.6 is 0 Å². The first-order valence-electron chi connectivity index (χ1n) is 6.52. The van der Waals surface area contributed by atoms with Crippen molar-refractivity contribution in [3.8, 4) is 0 Å². The number of carbonyl (C=O) groups excluding carboxylic acids is 1. The van der Waals surface area contributed by atoms with Crippen molar-refractivity contribution >= 4 is 5.91 Å². The number of amides is 1. The zero-order valence-corrected chi connectivity index (χ0v) is 10.9. The molecule has 1 aliphatic heterocycles. The average molecular weight is 243 g/mol. The van der Waals surface area contributed by atoms with E-state index in [-0.39, 0.29) is 12.0 Å². The van der Waals surface area contributed by atoms with E-state index in [1.165, 1.54) is 0 Å². The van der Waals surface area contributed by atoms with Crippen LogP contribution in [0.15, 0.2) is 0 Å². The molecule has 1 saturated heterocycles. The van der Waals surface area contributed by atoms with Gasteiger partial charge in [0.15, 0.2) is 0 Å². The highest BCUT2D eigenvalue weighted by Gasteiger charge is 2.21. The van der Waals surface area contributed by atoms with Crippen LogP contribution in [0.4, 0.5) is 0 Å². The largest absolute Gasteiger partial charge is 0.374 e. The van der Waals surface area contributed by atoms with E-state index in [2.05, 4.69) is 24.1 Å². The topological polar surface area (TPSA) is 67.6 Å². The third-order valence-corrected chi connectivity index (χ3v) is 3.20. The molecule has 1 heterocycles. The Morgan fingerprint density at radius 3 is 2.82 bits per heavy atom. The van der Waals surface area contributed by atoms with Gasteiger partial charge in [-0.05, 0) is 12.8 Å². The lowest BCUT2D eigenvalue weighted by atomic mass is 10.2. The summed E-state index contributed by atoms with van der Waals surface area (Å²) in [5.74, 6) is 0.108. The summed E-state index contributed by atoms with van der Waals surface area (Å²) in [6, 6.07) is 0.300. The van der Waals surface area contributed by atoms with Gasteiger partial charge in [0.25, 0.3) is 0 Å². The lowest BCUT2D eigenvalue weighted by Crippen LogP contribution is -2.50. The molecule has 0 radical (unpaired) electrons. The number of morpholine rings is 1. The van der Waals surface area contributed by atoms with Gasteiger partial charge in [-0.15, -0.1) is 0 Å². The van der Waals surface area contributed by atoms with Crippen LogP contribution in [-0.2, 0) is 9.53 Å². The maximum Gasteiger partial charge on any atom is 0.234 e. The summed E-state index contributed by atoms with van der Waals surface area (Å²) in [6.07, 6.45) is 2.04. The number of hydrogen-bond donors (Lipinski definition) is 2. The van der Waals surface area contributed by atoms with Gasteiger partial charge < -0.3 is 15.8 Å². The molecule has 3 N–H and O–H groups in total. The second-order valence-corrected chi connectivity index (χ2v) is 4.54. The summed E-state index contributed by atoms with van der Waals surface area (Å²) in [5.41, 5.74) is 5.57. The van der Waals surface area contributed by atoms with Crippen molar-refractivity contribution < 1.29 is 9.53 Å². The molecule has 0 aromatic carbocycles. The summed E-state index contributed by atoms with van der Waals surface area (Å²) >= 11 is 0. The fourth-order valence-corrected chi connectivity index (χ4v) is 2.04. The van der Waals surface area contributed by atoms with Crippen LogP contribution in [0.2, 0.25) is 0 Å². The van der Waals surface area contributed by atoms with Crippen LogP contribution in [-0.4, -0.2) is 55.7 Å². The first-order chi connectivity index (χ1) is 8.19. The minimum absolute atomic E-state index is 0.0738. The maximum atomic E-state index is 11.8. The third kappa shape index (κ3) is 5.02. The van der Waals surface area contributed by atoms with Crippen LogP contribution in [0.5, 0.6) is 0 Å². The predicted octanol–water partition coefficient (Wildman–Crippen LogP) is -0.0493. The highest BCUT2D eigenvalue weighted by Crippen LogP contribution is 2.04. The average Bonchev–Trinajstić information content (AvgIpc) is 2.36. The van der Waals surface area contributed by atoms with Crippen molar-refractivity contribution in [3.05, 3.63) is 0 Å². The molecule has 17 heavy (non-hydrogen) atoms. The zero-order chi connectivity index (χ0) is 12.7. The van der Waals surface area contributed by atoms with Crippen LogP contribution < -0.4 is 11.1 Å². The summed E-state index contributed by atoms with van der Waals surface area (Å²) < 4.78 is 5.46. The summed E-state index contributed by atoms with van der Waals surface area (Å²) in [5, 5.41) is 3.04. The van der Waals surface area contributed by atoms with E-state index in [1.807, 2.05) is 0 Å². The number of nitrogens with zero attached hydrogens (tertiary/aromatic N) is 1. The first kappa shape index (κ1) is 14.4. The van der Waals surface area contributed by atoms with Gasteiger partial charge in [0.1, 0.15) is 0 Å². The van der Waals surface area contributed by atoms with Gasteiger partial charge in [0, 0.05) is 25.7 Å². The smallest absolute Gasteiger partial charge is 0.234 e. The van der Waals surface area contributed by atoms with Crippen molar-refractivity contribution in [2.75, 3.05) is 32.8 Å². The molecule has 1 aliphatic rings. The number of hydrogen-bond acceptors (Lipinski definition) is 4. The molecule has 0 aromatic heterocycles. The molecule has 100 valence electrons. The molecule has 0 aromatic rings. The molecule has 5 heteroatoms. The number of nitrogens with one attached hydrogen (secondary N) is 1. The van der Waals surface area contributed by atoms with Crippen molar-refractivity contribution in [2.24, 2.45) is 5.73 Å². The fraction of sp³-hybridized carbons (Fsp3) is 0.917. The predicted molar refractivity (Wildman–Crippen MR) is 67.7 cm³/mol. The Morgan fingerprint density at radius 2 is 2.24 bits per heavy atom. The molecule has 1 rings (SSSR count). The molecule has 1 amide bonds. The molecule has 0 bridgehead atoms. The van der Waals surface area contributed by atoms with Crippen LogP contribution in [0.25, 0.3) is 0 Å². The number of nitrogens with two attached hydrogens (primary N) is 1. The molecule has 0 saturated carbocycles. The molecule has 0 spiro atoms. The SMILES string of the molecule is CCC(CC)NC(=O)CN1CCOC(CN)C1. The Hall–Kier alpha value is -0.650. The van der Waals surface area contributed by atoms with E-state index in [1.54, 1.807) is 0 Å². The summed E-state index contributed by atoms with van der Waals surface area (Å²) in [6.45, 7) is 7.39. The molecule has 5 nitrogen and oxygen atoms in total. The van der Waals surface area contributed by atoms with Gasteiger partial charge in [-0.1, -0.05) is 13.8 Å². The van der Waals surface area contributed by atoms with E-state index < -0.39 is 0 Å². The Labute approximate surface area is 104 Å². The molecule has 1 atom stereocenters. The number of ether oxygens (including phenoxy) is 1. The Balaban J connectivity index is 2.30. The van der Waals surface area contributed by atoms with Gasteiger partial charge in [-0.2, -0.15) is 0 Å². The molecule has 0 aliphatic carbocycles. The number of rotatable bonds is 6. The first-order valence-corrected chi connectivity index (χ1v) is 6.52. The second kappa shape index (κ2) is 7.63. The Kier molecular flexibility index (Phi) is 6.47. The second-order valence-electron chi connectivity index (χ2n) is 4.54. The summed E-state index contributed by atoms with van der Waals surface area (Å²) in [4.78, 5) is 13.9. The van der Waals surface area contributed by atoms with E-state index in [4.69, 9.17) is 10.5 Å². The van der Waals surface area contributed by atoms with Crippen molar-refractivity contribution in [3.63, 3.8) is 0 Å². The van der Waals surface area contributed by atoms with E-state index in [0.29, 0.717) is 25.7 Å². The minimum Gasteiger partial charge on any atom is -0.374 e. The quantitative estimate of drug-likeness (QED) is 0.686. The van der Waals surface area contributed by atoms with Gasteiger partial charge in [0.2, 0.25) is 5.91 Å². The van der Waals surface area contributed by atoms with Crippen LogP contribution in [0.3, 0.4) is 0 Å². The maximum absolute atomic E-state index is 11.8. The van der Waals surface area contributed by atoms with Gasteiger partial charge >= 0.3 is 0 Å². The number of carbonyl (C=O) groups is 1. The molecule has 1 unspecified atom stereocenters. The molecular formula is C12H25N3O2. The highest BCUT2D eigenvalue weighted by atomic mass is 16.5. The van der Waals surface area contributed by atoms with E-state index >= 15 is 0 Å². The van der Waals surface area contributed by atoms with Crippen LogP contribution in [0, 0.1) is 0 Å². The zero-order valence-electron chi connectivity index (χ0n) is 10.9. The Bertz CT molecular complexity index is 232. The monoisotopic (exact) mass is 243 g/mol. The molecular weight excluding hydrogens is 218 g/mol. The summed E-state index contributed by atoms with van der Waals surface area (Å²) in [7, 11) is 0. The van der Waals surface area contributed by atoms with E-state index in [0.717, 1.165) is 25.9 Å². The van der Waals surface area contributed by atoms with Crippen LogP contribution in [0.1, 0.15) is 26.7 Å². The fourth-order valence-electron chi connectivity index (χ4n) is 2.04. The highest BCUT2D eigenvalue weighted by molar-refractivity contribution is 5.78. The normalized spacial score (nSPS) is 21.8. The van der Waals surface area contributed by atoms with Gasteiger partial charge in [-0.25, -0.2) is 0 Å².